The van der Waals surface area contributed by atoms with Gasteiger partial charge in [0, 0.05) is 57.8 Å². The zero-order valence-electron chi connectivity index (χ0n) is 17.9. The van der Waals surface area contributed by atoms with E-state index in [9.17, 15) is 4.79 Å². The first kappa shape index (κ1) is 20.2. The highest BCUT2D eigenvalue weighted by molar-refractivity contribution is 5.81. The predicted molar refractivity (Wildman–Crippen MR) is 117 cm³/mol. The van der Waals surface area contributed by atoms with Crippen molar-refractivity contribution < 1.29 is 4.79 Å². The average Bonchev–Trinajstić information content (AvgIpc) is 3.25. The second-order valence-electron chi connectivity index (χ2n) is 8.60. The molecule has 1 aromatic rings. The summed E-state index contributed by atoms with van der Waals surface area (Å²) >= 11 is 0. The Morgan fingerprint density at radius 2 is 1.79 bits per heavy atom. The van der Waals surface area contributed by atoms with Gasteiger partial charge in [0.15, 0.2) is 5.96 Å². The number of amides is 1. The zero-order chi connectivity index (χ0) is 20.2. The number of rotatable bonds is 5. The van der Waals surface area contributed by atoms with Gasteiger partial charge >= 0.3 is 0 Å². The maximum absolute atomic E-state index is 12.4. The first-order chi connectivity index (χ1) is 14.2. The van der Waals surface area contributed by atoms with Gasteiger partial charge < -0.3 is 15.1 Å². The van der Waals surface area contributed by atoms with E-state index in [1.807, 2.05) is 4.90 Å². The lowest BCUT2D eigenvalue weighted by molar-refractivity contribution is -0.131. The molecule has 1 saturated carbocycles. The number of likely N-dealkylation sites (tertiary alicyclic amines) is 1. The van der Waals surface area contributed by atoms with Crippen molar-refractivity contribution in [3.63, 3.8) is 0 Å². The number of aliphatic imine (C=N–C) groups is 1. The lowest BCUT2D eigenvalue weighted by Gasteiger charge is -2.36. The molecular weight excluding hydrogens is 362 g/mol. The molecule has 1 amide bonds. The van der Waals surface area contributed by atoms with Gasteiger partial charge in [0.1, 0.15) is 0 Å². The quantitative estimate of drug-likeness (QED) is 0.610. The number of carbonyl (C=O) groups is 1. The lowest BCUT2D eigenvalue weighted by atomic mass is 10.0. The van der Waals surface area contributed by atoms with Gasteiger partial charge in [-0.2, -0.15) is 0 Å². The summed E-state index contributed by atoms with van der Waals surface area (Å²) in [6.45, 7) is 11.3. The molecule has 2 aliphatic heterocycles. The molecule has 0 radical (unpaired) electrons. The minimum atomic E-state index is 0.301. The van der Waals surface area contributed by atoms with Crippen LogP contribution in [0.4, 0.5) is 0 Å². The molecule has 158 valence electrons. The van der Waals surface area contributed by atoms with Crippen molar-refractivity contribution in [3.8, 4) is 0 Å². The number of piperazine rings is 1. The first-order valence-corrected chi connectivity index (χ1v) is 11.3. The highest BCUT2D eigenvalue weighted by Crippen LogP contribution is 2.42. The van der Waals surface area contributed by atoms with Crippen LogP contribution in [-0.2, 0) is 4.79 Å². The van der Waals surface area contributed by atoms with Gasteiger partial charge in [-0.05, 0) is 44.2 Å². The Kier molecular flexibility index (Phi) is 6.38. The number of nitrogens with one attached hydrogen (secondary N) is 1. The number of nitrogens with zero attached hydrogens (tertiary/aromatic N) is 4. The van der Waals surface area contributed by atoms with Crippen LogP contribution in [0.1, 0.15) is 43.2 Å². The molecule has 6 nitrogen and oxygen atoms in total. The van der Waals surface area contributed by atoms with Crippen LogP contribution >= 0.6 is 0 Å². The van der Waals surface area contributed by atoms with Crippen molar-refractivity contribution in [1.29, 1.82) is 0 Å². The molecule has 0 spiro atoms. The molecule has 3 fully saturated rings. The fourth-order valence-electron chi connectivity index (χ4n) is 4.63. The minimum Gasteiger partial charge on any atom is -0.353 e. The fraction of sp³-hybridized carbons (Fsp3) is 0.652. The number of benzene rings is 1. The molecule has 1 aromatic carbocycles. The van der Waals surface area contributed by atoms with Gasteiger partial charge in [0.05, 0.1) is 6.54 Å². The number of hydrogen-bond donors (Lipinski definition) is 1. The van der Waals surface area contributed by atoms with E-state index in [4.69, 9.17) is 4.99 Å². The Bertz CT molecular complexity index is 735. The van der Waals surface area contributed by atoms with E-state index in [1.165, 1.54) is 17.5 Å². The summed E-state index contributed by atoms with van der Waals surface area (Å²) in [5.41, 5.74) is 2.85. The topological polar surface area (TPSA) is 51.2 Å². The van der Waals surface area contributed by atoms with Crippen molar-refractivity contribution in [2.24, 2.45) is 4.99 Å². The standard InChI is InChI=1S/C23H35N5O/c1-3-24-23(25-21-16-20(21)19-9-5-4-8-18(19)2)28-14-12-26(13-15-28)17-22(29)27-10-6-7-11-27/h4-5,8-9,20-21H,3,6-7,10-17H2,1-2H3,(H,24,25). The van der Waals surface area contributed by atoms with E-state index in [-0.39, 0.29) is 0 Å². The Morgan fingerprint density at radius 1 is 1.07 bits per heavy atom. The van der Waals surface area contributed by atoms with E-state index in [0.29, 0.717) is 24.4 Å². The van der Waals surface area contributed by atoms with Crippen LogP contribution in [0.2, 0.25) is 0 Å². The Morgan fingerprint density at radius 3 is 2.48 bits per heavy atom. The van der Waals surface area contributed by atoms with E-state index in [2.05, 4.69) is 53.2 Å². The molecule has 0 bridgehead atoms. The summed E-state index contributed by atoms with van der Waals surface area (Å²) in [4.78, 5) is 23.9. The third-order valence-corrected chi connectivity index (χ3v) is 6.49. The van der Waals surface area contributed by atoms with Gasteiger partial charge in [-0.15, -0.1) is 0 Å². The van der Waals surface area contributed by atoms with Crippen LogP contribution in [0.5, 0.6) is 0 Å². The monoisotopic (exact) mass is 397 g/mol. The van der Waals surface area contributed by atoms with Crippen LogP contribution in [0.3, 0.4) is 0 Å². The van der Waals surface area contributed by atoms with Crippen molar-refractivity contribution in [2.45, 2.75) is 45.1 Å². The summed E-state index contributed by atoms with van der Waals surface area (Å²) in [6, 6.07) is 9.20. The molecule has 0 aromatic heterocycles. The van der Waals surface area contributed by atoms with Crippen molar-refractivity contribution in [1.82, 2.24) is 20.0 Å². The van der Waals surface area contributed by atoms with Crippen LogP contribution in [0, 0.1) is 6.92 Å². The fourth-order valence-corrected chi connectivity index (χ4v) is 4.63. The smallest absolute Gasteiger partial charge is 0.236 e. The molecule has 2 saturated heterocycles. The summed E-state index contributed by atoms with van der Waals surface area (Å²) in [7, 11) is 0. The molecule has 6 heteroatoms. The summed E-state index contributed by atoms with van der Waals surface area (Å²) in [6.07, 6.45) is 3.50. The van der Waals surface area contributed by atoms with Crippen LogP contribution in [-0.4, -0.2) is 85.0 Å². The highest BCUT2D eigenvalue weighted by Gasteiger charge is 2.40. The lowest BCUT2D eigenvalue weighted by Crippen LogP contribution is -2.54. The predicted octanol–water partition coefficient (Wildman–Crippen LogP) is 2.06. The zero-order valence-corrected chi connectivity index (χ0v) is 17.9. The average molecular weight is 398 g/mol. The maximum Gasteiger partial charge on any atom is 0.236 e. The van der Waals surface area contributed by atoms with Gasteiger partial charge in [-0.3, -0.25) is 14.7 Å². The van der Waals surface area contributed by atoms with E-state index in [1.54, 1.807) is 0 Å². The maximum atomic E-state index is 12.4. The van der Waals surface area contributed by atoms with Crippen molar-refractivity contribution in [3.05, 3.63) is 35.4 Å². The molecule has 4 rings (SSSR count). The van der Waals surface area contributed by atoms with Crippen LogP contribution in [0.25, 0.3) is 0 Å². The van der Waals surface area contributed by atoms with Crippen molar-refractivity contribution >= 4 is 11.9 Å². The van der Waals surface area contributed by atoms with E-state index >= 15 is 0 Å². The number of aryl methyl sites for hydroxylation is 1. The normalized spacial score (nSPS) is 25.4. The van der Waals surface area contributed by atoms with Gasteiger partial charge in [0.2, 0.25) is 5.91 Å². The summed E-state index contributed by atoms with van der Waals surface area (Å²) in [5, 5.41) is 3.72. The number of carbonyl (C=O) groups excluding carboxylic acids is 1. The molecule has 2 unspecified atom stereocenters. The summed E-state index contributed by atoms with van der Waals surface area (Å²) in [5.74, 6) is 1.94. The van der Waals surface area contributed by atoms with Gasteiger partial charge in [-0.25, -0.2) is 0 Å². The third-order valence-electron chi connectivity index (χ3n) is 6.49. The molecule has 1 N–H and O–H groups in total. The second kappa shape index (κ2) is 9.16. The molecular formula is C23H35N5O. The van der Waals surface area contributed by atoms with Gasteiger partial charge in [-0.1, -0.05) is 24.3 Å². The SMILES string of the molecule is CCN=C(NC1CC1c1ccccc1C)N1CCN(CC(=O)N2CCCC2)CC1. The van der Waals surface area contributed by atoms with Crippen molar-refractivity contribution in [2.75, 3.05) is 52.4 Å². The first-order valence-electron chi connectivity index (χ1n) is 11.3. The number of hydrogen-bond acceptors (Lipinski definition) is 3. The summed E-state index contributed by atoms with van der Waals surface area (Å²) < 4.78 is 0. The number of guanidine groups is 1. The molecule has 3 aliphatic rings. The third kappa shape index (κ3) is 4.92. The Labute approximate surface area is 175 Å². The minimum absolute atomic E-state index is 0.301. The van der Waals surface area contributed by atoms with E-state index in [0.717, 1.165) is 64.6 Å². The largest absolute Gasteiger partial charge is 0.353 e. The molecule has 29 heavy (non-hydrogen) atoms. The molecule has 1 aliphatic carbocycles. The van der Waals surface area contributed by atoms with Gasteiger partial charge in [0.25, 0.3) is 0 Å². The highest BCUT2D eigenvalue weighted by atomic mass is 16.2. The molecule has 2 heterocycles. The van der Waals surface area contributed by atoms with Crippen LogP contribution in [0.15, 0.2) is 29.3 Å². The molecule has 2 atom stereocenters. The van der Waals surface area contributed by atoms with E-state index < -0.39 is 0 Å². The van der Waals surface area contributed by atoms with Crippen LogP contribution < -0.4 is 5.32 Å². The second-order valence-corrected chi connectivity index (χ2v) is 8.60. The Hall–Kier alpha value is -2.08. The Balaban J connectivity index is 1.27.